The summed E-state index contributed by atoms with van der Waals surface area (Å²) in [7, 11) is 0. The number of aromatic nitrogens is 1. The van der Waals surface area contributed by atoms with Gasteiger partial charge in [-0.25, -0.2) is 0 Å². The molecule has 0 saturated carbocycles. The number of aryl methyl sites for hydroxylation is 1. The first-order chi connectivity index (χ1) is 10.1. The smallest absolute Gasteiger partial charge is 0.253 e. The third kappa shape index (κ3) is 3.27. The summed E-state index contributed by atoms with van der Waals surface area (Å²) < 4.78 is 0. The minimum Gasteiger partial charge on any atom is -0.391 e. The van der Waals surface area contributed by atoms with Gasteiger partial charge >= 0.3 is 0 Å². The van der Waals surface area contributed by atoms with E-state index in [9.17, 15) is 9.90 Å². The minimum absolute atomic E-state index is 0.130. The van der Waals surface area contributed by atoms with Crippen molar-refractivity contribution in [1.29, 1.82) is 0 Å². The first-order valence-electron chi connectivity index (χ1n) is 7.62. The van der Waals surface area contributed by atoms with Gasteiger partial charge in [0.2, 0.25) is 0 Å². The van der Waals surface area contributed by atoms with Crippen LogP contribution in [0.1, 0.15) is 42.7 Å². The Labute approximate surface area is 125 Å². The molecule has 0 saturated heterocycles. The van der Waals surface area contributed by atoms with Crippen molar-refractivity contribution in [1.82, 2.24) is 10.3 Å². The largest absolute Gasteiger partial charge is 0.391 e. The molecule has 1 heterocycles. The molecule has 0 fully saturated rings. The fraction of sp³-hybridized carbons (Fsp3) is 0.471. The van der Waals surface area contributed by atoms with Gasteiger partial charge in [-0.05, 0) is 18.9 Å². The number of rotatable bonds is 6. The highest BCUT2D eigenvalue weighted by molar-refractivity contribution is 6.08. The number of benzene rings is 1. The lowest BCUT2D eigenvalue weighted by Crippen LogP contribution is -2.36. The number of aliphatic hydroxyl groups excluding tert-OH is 1. The number of H-pyrrole nitrogens is 1. The molecule has 4 heteroatoms. The van der Waals surface area contributed by atoms with Crippen LogP contribution in [0.5, 0.6) is 0 Å². The average molecular weight is 288 g/mol. The molecule has 2 rings (SSSR count). The standard InChI is InChI=1S/C17H24N2O2/c1-4-12(5-2)15(20)10-18-17(21)16-11(3)19-14-9-7-6-8-13(14)16/h6-9,12,15,19-20H,4-5,10H2,1-3H3,(H,18,21). The number of nitrogens with one attached hydrogen (secondary N) is 2. The Morgan fingerprint density at radius 1 is 1.29 bits per heavy atom. The minimum atomic E-state index is -0.491. The van der Waals surface area contributed by atoms with Crippen LogP contribution in [-0.2, 0) is 0 Å². The molecule has 1 amide bonds. The summed E-state index contributed by atoms with van der Waals surface area (Å²) in [5.74, 6) is 0.101. The molecule has 1 aromatic heterocycles. The SMILES string of the molecule is CCC(CC)C(O)CNC(=O)c1c(C)[nH]c2ccccc12. The number of aliphatic hydroxyl groups is 1. The van der Waals surface area contributed by atoms with E-state index in [0.29, 0.717) is 12.1 Å². The topological polar surface area (TPSA) is 65.1 Å². The Morgan fingerprint density at radius 3 is 2.62 bits per heavy atom. The van der Waals surface area contributed by atoms with Crippen molar-refractivity contribution < 1.29 is 9.90 Å². The van der Waals surface area contributed by atoms with E-state index in [4.69, 9.17) is 0 Å². The number of hydrogen-bond donors (Lipinski definition) is 3. The quantitative estimate of drug-likeness (QED) is 0.765. The predicted octanol–water partition coefficient (Wildman–Crippen LogP) is 3.00. The number of aromatic amines is 1. The maximum Gasteiger partial charge on any atom is 0.253 e. The molecule has 0 aliphatic rings. The Kier molecular flexibility index (Phi) is 5.02. The van der Waals surface area contributed by atoms with Crippen LogP contribution >= 0.6 is 0 Å². The van der Waals surface area contributed by atoms with Gasteiger partial charge < -0.3 is 15.4 Å². The van der Waals surface area contributed by atoms with Gasteiger partial charge in [0.1, 0.15) is 0 Å². The molecular weight excluding hydrogens is 264 g/mol. The summed E-state index contributed by atoms with van der Waals surface area (Å²) in [5, 5.41) is 13.9. The molecule has 0 spiro atoms. The summed E-state index contributed by atoms with van der Waals surface area (Å²) in [4.78, 5) is 15.6. The fourth-order valence-corrected chi connectivity index (χ4v) is 2.85. The summed E-state index contributed by atoms with van der Waals surface area (Å²) in [6.45, 7) is 6.31. The molecule has 2 aromatic rings. The molecule has 0 radical (unpaired) electrons. The zero-order chi connectivity index (χ0) is 15.4. The monoisotopic (exact) mass is 288 g/mol. The normalized spacial score (nSPS) is 12.8. The van der Waals surface area contributed by atoms with E-state index in [1.807, 2.05) is 31.2 Å². The second-order valence-corrected chi connectivity index (χ2v) is 5.52. The van der Waals surface area contributed by atoms with E-state index < -0.39 is 6.10 Å². The van der Waals surface area contributed by atoms with Crippen LogP contribution in [0.3, 0.4) is 0 Å². The highest BCUT2D eigenvalue weighted by Gasteiger charge is 2.19. The first-order valence-corrected chi connectivity index (χ1v) is 7.62. The van der Waals surface area contributed by atoms with E-state index in [1.54, 1.807) is 0 Å². The summed E-state index contributed by atoms with van der Waals surface area (Å²) >= 11 is 0. The molecule has 0 aliphatic carbocycles. The van der Waals surface area contributed by atoms with Crippen LogP contribution < -0.4 is 5.32 Å². The van der Waals surface area contributed by atoms with Crippen molar-refractivity contribution in [3.8, 4) is 0 Å². The third-order valence-corrected chi connectivity index (χ3v) is 4.19. The Hall–Kier alpha value is -1.81. The molecule has 0 aliphatic heterocycles. The average Bonchev–Trinajstić information content (AvgIpc) is 2.82. The van der Waals surface area contributed by atoms with Crippen LogP contribution in [0.2, 0.25) is 0 Å². The van der Waals surface area contributed by atoms with Crippen molar-refractivity contribution in [3.05, 3.63) is 35.5 Å². The number of para-hydroxylation sites is 1. The van der Waals surface area contributed by atoms with Crippen LogP contribution in [-0.4, -0.2) is 28.6 Å². The van der Waals surface area contributed by atoms with Gasteiger partial charge in [-0.15, -0.1) is 0 Å². The van der Waals surface area contributed by atoms with Gasteiger partial charge in [-0.2, -0.15) is 0 Å². The van der Waals surface area contributed by atoms with E-state index >= 15 is 0 Å². The number of amides is 1. The predicted molar refractivity (Wildman–Crippen MR) is 85.4 cm³/mol. The summed E-state index contributed by atoms with van der Waals surface area (Å²) in [5.41, 5.74) is 2.48. The highest BCUT2D eigenvalue weighted by atomic mass is 16.3. The lowest BCUT2D eigenvalue weighted by molar-refractivity contribution is 0.0817. The molecule has 114 valence electrons. The molecule has 3 N–H and O–H groups in total. The van der Waals surface area contributed by atoms with Gasteiger partial charge in [0, 0.05) is 23.1 Å². The highest BCUT2D eigenvalue weighted by Crippen LogP contribution is 2.21. The van der Waals surface area contributed by atoms with E-state index in [0.717, 1.165) is 29.4 Å². The number of hydrogen-bond acceptors (Lipinski definition) is 2. The van der Waals surface area contributed by atoms with Crippen molar-refractivity contribution in [2.75, 3.05) is 6.54 Å². The Balaban J connectivity index is 2.11. The van der Waals surface area contributed by atoms with Gasteiger partial charge in [-0.1, -0.05) is 44.9 Å². The zero-order valence-corrected chi connectivity index (χ0v) is 12.9. The van der Waals surface area contributed by atoms with Crippen LogP contribution in [0.4, 0.5) is 0 Å². The van der Waals surface area contributed by atoms with Crippen LogP contribution in [0.15, 0.2) is 24.3 Å². The van der Waals surface area contributed by atoms with Crippen LogP contribution in [0, 0.1) is 12.8 Å². The number of carbonyl (C=O) groups excluding carboxylic acids is 1. The van der Waals surface area contributed by atoms with Gasteiger partial charge in [0.05, 0.1) is 11.7 Å². The maximum atomic E-state index is 12.4. The van der Waals surface area contributed by atoms with Crippen LogP contribution in [0.25, 0.3) is 10.9 Å². The second-order valence-electron chi connectivity index (χ2n) is 5.52. The second kappa shape index (κ2) is 6.76. The zero-order valence-electron chi connectivity index (χ0n) is 12.9. The molecule has 0 bridgehead atoms. The summed E-state index contributed by atoms with van der Waals surface area (Å²) in [6.07, 6.45) is 1.34. The van der Waals surface area contributed by atoms with Crippen molar-refractivity contribution in [3.63, 3.8) is 0 Å². The molecule has 1 unspecified atom stereocenters. The van der Waals surface area contributed by atoms with Crippen molar-refractivity contribution in [2.45, 2.75) is 39.7 Å². The van der Waals surface area contributed by atoms with Crippen molar-refractivity contribution >= 4 is 16.8 Å². The van der Waals surface area contributed by atoms with Gasteiger partial charge in [0.15, 0.2) is 0 Å². The molecule has 1 aromatic carbocycles. The lowest BCUT2D eigenvalue weighted by atomic mass is 9.96. The fourth-order valence-electron chi connectivity index (χ4n) is 2.85. The maximum absolute atomic E-state index is 12.4. The Bertz CT molecular complexity index is 614. The molecule has 21 heavy (non-hydrogen) atoms. The third-order valence-electron chi connectivity index (χ3n) is 4.19. The number of fused-ring (bicyclic) bond motifs is 1. The number of carbonyl (C=O) groups is 1. The van der Waals surface area contributed by atoms with Gasteiger partial charge in [0.25, 0.3) is 5.91 Å². The molecule has 1 atom stereocenters. The molecular formula is C17H24N2O2. The first kappa shape index (κ1) is 15.6. The van der Waals surface area contributed by atoms with E-state index in [1.165, 1.54) is 0 Å². The van der Waals surface area contributed by atoms with Crippen molar-refractivity contribution in [2.24, 2.45) is 5.92 Å². The van der Waals surface area contributed by atoms with E-state index in [-0.39, 0.29) is 11.8 Å². The van der Waals surface area contributed by atoms with Gasteiger partial charge in [-0.3, -0.25) is 4.79 Å². The lowest BCUT2D eigenvalue weighted by Gasteiger charge is -2.20. The Morgan fingerprint density at radius 2 is 1.95 bits per heavy atom. The molecule has 4 nitrogen and oxygen atoms in total. The summed E-state index contributed by atoms with van der Waals surface area (Å²) in [6, 6.07) is 7.76. The van der Waals surface area contributed by atoms with E-state index in [2.05, 4.69) is 24.1 Å².